The highest BCUT2D eigenvalue weighted by Gasteiger charge is 2.22. The fourth-order valence-corrected chi connectivity index (χ4v) is 2.54. The number of amides is 1. The molecule has 7 heteroatoms. The highest BCUT2D eigenvalue weighted by molar-refractivity contribution is 9.10. The number of aromatic hydroxyl groups is 1. The molecule has 0 fully saturated rings. The van der Waals surface area contributed by atoms with Gasteiger partial charge < -0.3 is 14.9 Å². The van der Waals surface area contributed by atoms with Crippen molar-refractivity contribution >= 4 is 33.7 Å². The summed E-state index contributed by atoms with van der Waals surface area (Å²) >= 11 is 3.32. The van der Waals surface area contributed by atoms with E-state index in [-0.39, 0.29) is 5.75 Å². The molecule has 2 aromatic rings. The molecule has 1 amide bonds. The van der Waals surface area contributed by atoms with E-state index in [0.29, 0.717) is 11.3 Å². The third-order valence-corrected chi connectivity index (χ3v) is 4.09. The Morgan fingerprint density at radius 2 is 1.73 bits per heavy atom. The van der Waals surface area contributed by atoms with Gasteiger partial charge in [-0.3, -0.25) is 5.32 Å². The largest absolute Gasteiger partial charge is 0.508 e. The van der Waals surface area contributed by atoms with Crippen LogP contribution in [0.25, 0.3) is 0 Å². The van der Waals surface area contributed by atoms with Crippen molar-refractivity contribution in [2.75, 3.05) is 5.32 Å². The first-order chi connectivity index (χ1) is 12.3. The van der Waals surface area contributed by atoms with Gasteiger partial charge in [-0.05, 0) is 42.0 Å². The highest BCUT2D eigenvalue weighted by atomic mass is 79.9. The first kappa shape index (κ1) is 19.5. The number of halogens is 1. The van der Waals surface area contributed by atoms with Crippen LogP contribution in [0.15, 0.2) is 65.2 Å². The topological polar surface area (TPSA) is 95.9 Å². The SMILES string of the molecule is C[C@H](/C=C/C(=O)O)[C@H](OC(=O)Nc1ccc(Br)cc1)c1ccc(O)cc1. The van der Waals surface area contributed by atoms with E-state index < -0.39 is 24.1 Å². The number of hydrogen-bond donors (Lipinski definition) is 3. The van der Waals surface area contributed by atoms with E-state index in [2.05, 4.69) is 21.2 Å². The number of rotatable bonds is 6. The number of carboxylic acids is 1. The van der Waals surface area contributed by atoms with Gasteiger partial charge >= 0.3 is 12.1 Å². The Bertz CT molecular complexity index is 787. The predicted molar refractivity (Wildman–Crippen MR) is 101 cm³/mol. The van der Waals surface area contributed by atoms with Crippen LogP contribution in [-0.2, 0) is 9.53 Å². The van der Waals surface area contributed by atoms with Crippen molar-refractivity contribution < 1.29 is 24.5 Å². The number of carbonyl (C=O) groups is 2. The predicted octanol–water partition coefficient (Wildman–Crippen LogP) is 4.72. The lowest BCUT2D eigenvalue weighted by Gasteiger charge is -2.22. The molecular weight excluding hydrogens is 402 g/mol. The Morgan fingerprint density at radius 1 is 1.12 bits per heavy atom. The molecule has 0 aliphatic rings. The van der Waals surface area contributed by atoms with Crippen LogP contribution in [0.4, 0.5) is 10.5 Å². The number of benzene rings is 2. The molecule has 136 valence electrons. The van der Waals surface area contributed by atoms with Crippen molar-refractivity contribution in [2.24, 2.45) is 5.92 Å². The van der Waals surface area contributed by atoms with Crippen LogP contribution in [0.5, 0.6) is 5.75 Å². The summed E-state index contributed by atoms with van der Waals surface area (Å²) in [7, 11) is 0. The number of anilines is 1. The fourth-order valence-electron chi connectivity index (χ4n) is 2.27. The van der Waals surface area contributed by atoms with E-state index >= 15 is 0 Å². The minimum Gasteiger partial charge on any atom is -0.508 e. The van der Waals surface area contributed by atoms with Crippen molar-refractivity contribution in [3.05, 3.63) is 70.7 Å². The first-order valence-corrected chi connectivity index (χ1v) is 8.57. The Morgan fingerprint density at radius 3 is 2.31 bits per heavy atom. The Kier molecular flexibility index (Phi) is 6.80. The summed E-state index contributed by atoms with van der Waals surface area (Å²) in [4.78, 5) is 23.0. The quantitative estimate of drug-likeness (QED) is 0.588. The number of carbonyl (C=O) groups excluding carboxylic acids is 1. The van der Waals surface area contributed by atoms with Gasteiger partial charge in [0.05, 0.1) is 0 Å². The van der Waals surface area contributed by atoms with Gasteiger partial charge in [0, 0.05) is 22.2 Å². The lowest BCUT2D eigenvalue weighted by atomic mass is 9.96. The molecular formula is C19H18BrNO5. The summed E-state index contributed by atoms with van der Waals surface area (Å²) in [5, 5.41) is 20.9. The second-order valence-corrected chi connectivity index (χ2v) is 6.52. The van der Waals surface area contributed by atoms with Crippen molar-refractivity contribution in [3.63, 3.8) is 0 Å². The van der Waals surface area contributed by atoms with Crippen molar-refractivity contribution in [3.8, 4) is 5.75 Å². The summed E-state index contributed by atoms with van der Waals surface area (Å²) in [6.45, 7) is 1.74. The van der Waals surface area contributed by atoms with E-state index in [1.807, 2.05) is 0 Å². The molecule has 2 aromatic carbocycles. The van der Waals surface area contributed by atoms with Gasteiger partial charge in [0.15, 0.2) is 0 Å². The average Bonchev–Trinajstić information content (AvgIpc) is 2.60. The minimum absolute atomic E-state index is 0.0838. The fraction of sp³-hybridized carbons (Fsp3) is 0.158. The maximum Gasteiger partial charge on any atom is 0.412 e. The normalized spacial score (nSPS) is 13.2. The number of carboxylic acid groups (broad SMARTS) is 1. The van der Waals surface area contributed by atoms with E-state index in [1.165, 1.54) is 18.2 Å². The molecule has 0 saturated heterocycles. The molecule has 0 aromatic heterocycles. The molecule has 0 aliphatic heterocycles. The molecule has 2 rings (SSSR count). The molecule has 0 spiro atoms. The maximum absolute atomic E-state index is 12.3. The molecule has 0 heterocycles. The van der Waals surface area contributed by atoms with Crippen LogP contribution in [0.2, 0.25) is 0 Å². The van der Waals surface area contributed by atoms with E-state index in [0.717, 1.165) is 10.5 Å². The third kappa shape index (κ3) is 5.93. The summed E-state index contributed by atoms with van der Waals surface area (Å²) in [6.07, 6.45) is 1.07. The molecule has 26 heavy (non-hydrogen) atoms. The summed E-state index contributed by atoms with van der Waals surface area (Å²) < 4.78 is 6.40. The zero-order valence-corrected chi connectivity index (χ0v) is 15.5. The smallest absolute Gasteiger partial charge is 0.412 e. The standard InChI is InChI=1S/C19H18BrNO5/c1-12(2-11-17(23)24)18(13-3-9-16(22)10-4-13)26-19(25)21-15-7-5-14(20)6-8-15/h2-12,18,22H,1H3,(H,21,25)(H,23,24)/b11-2+/t12-,18+/m1/s1. The molecule has 0 bridgehead atoms. The molecule has 6 nitrogen and oxygen atoms in total. The second-order valence-electron chi connectivity index (χ2n) is 5.61. The van der Waals surface area contributed by atoms with E-state index in [9.17, 15) is 14.7 Å². The number of hydrogen-bond acceptors (Lipinski definition) is 4. The van der Waals surface area contributed by atoms with Gasteiger partial charge in [-0.1, -0.05) is 41.1 Å². The lowest BCUT2D eigenvalue weighted by molar-refractivity contribution is -0.131. The number of phenolic OH excluding ortho intramolecular Hbond substituents is 1. The Balaban J connectivity index is 2.16. The van der Waals surface area contributed by atoms with Gasteiger partial charge in [-0.25, -0.2) is 9.59 Å². The van der Waals surface area contributed by atoms with Crippen molar-refractivity contribution in [1.29, 1.82) is 0 Å². The van der Waals surface area contributed by atoms with Crippen LogP contribution < -0.4 is 5.32 Å². The summed E-state index contributed by atoms with van der Waals surface area (Å²) in [5.74, 6) is -1.40. The third-order valence-electron chi connectivity index (χ3n) is 3.57. The highest BCUT2D eigenvalue weighted by Crippen LogP contribution is 2.29. The second kappa shape index (κ2) is 9.05. The molecule has 0 radical (unpaired) electrons. The molecule has 0 unspecified atom stereocenters. The average molecular weight is 420 g/mol. The van der Waals surface area contributed by atoms with Gasteiger partial charge in [-0.15, -0.1) is 0 Å². The van der Waals surface area contributed by atoms with Crippen LogP contribution in [0.3, 0.4) is 0 Å². The van der Waals surface area contributed by atoms with Crippen molar-refractivity contribution in [1.82, 2.24) is 0 Å². The monoisotopic (exact) mass is 419 g/mol. The lowest BCUT2D eigenvalue weighted by Crippen LogP contribution is -2.21. The van der Waals surface area contributed by atoms with Crippen LogP contribution in [0, 0.1) is 5.92 Å². The van der Waals surface area contributed by atoms with E-state index in [4.69, 9.17) is 9.84 Å². The van der Waals surface area contributed by atoms with Gasteiger partial charge in [0.2, 0.25) is 0 Å². The van der Waals surface area contributed by atoms with Gasteiger partial charge in [-0.2, -0.15) is 0 Å². The number of aliphatic carboxylic acids is 1. The first-order valence-electron chi connectivity index (χ1n) is 7.78. The zero-order chi connectivity index (χ0) is 19.1. The minimum atomic E-state index is -1.08. The maximum atomic E-state index is 12.3. The van der Waals surface area contributed by atoms with Gasteiger partial charge in [0.1, 0.15) is 11.9 Å². The molecule has 0 saturated carbocycles. The van der Waals surface area contributed by atoms with E-state index in [1.54, 1.807) is 43.3 Å². The van der Waals surface area contributed by atoms with Crippen LogP contribution in [0.1, 0.15) is 18.6 Å². The number of nitrogens with one attached hydrogen (secondary N) is 1. The summed E-state index contributed by atoms with van der Waals surface area (Å²) in [6, 6.07) is 13.2. The molecule has 2 atom stereocenters. The molecule has 3 N–H and O–H groups in total. The summed E-state index contributed by atoms with van der Waals surface area (Å²) in [5.41, 5.74) is 1.20. The van der Waals surface area contributed by atoms with Crippen molar-refractivity contribution in [2.45, 2.75) is 13.0 Å². The van der Waals surface area contributed by atoms with Gasteiger partial charge in [0.25, 0.3) is 0 Å². The zero-order valence-electron chi connectivity index (χ0n) is 13.9. The van der Waals surface area contributed by atoms with Crippen LogP contribution in [-0.4, -0.2) is 22.3 Å². The number of ether oxygens (including phenoxy) is 1. The Hall–Kier alpha value is -2.80. The number of phenols is 1. The molecule has 0 aliphatic carbocycles. The Labute approximate surface area is 159 Å². The van der Waals surface area contributed by atoms with Crippen LogP contribution >= 0.6 is 15.9 Å².